The Morgan fingerprint density at radius 3 is 2.52 bits per heavy atom. The molecule has 1 amide bonds. The molecular weight excluding hydrogens is 454 g/mol. The average molecular weight is 484 g/mol. The molecule has 6 nitrogen and oxygen atoms in total. The van der Waals surface area contributed by atoms with Gasteiger partial charge in [0.1, 0.15) is 4.21 Å². The Bertz CT molecular complexity index is 953. The number of nitrogens with zero attached hydrogens (tertiary/aromatic N) is 1. The summed E-state index contributed by atoms with van der Waals surface area (Å²) in [7, 11) is -3.49. The molecule has 1 aliphatic rings. The van der Waals surface area contributed by atoms with Crippen molar-refractivity contribution in [1.82, 2.24) is 14.9 Å². The summed E-state index contributed by atoms with van der Waals surface area (Å²) in [5, 5.41) is 6.95. The molecule has 0 unspecified atom stereocenters. The first-order valence-electron chi connectivity index (χ1n) is 10.8. The van der Waals surface area contributed by atoms with Gasteiger partial charge in [-0.2, -0.15) is 4.31 Å². The number of carbonyl (C=O) groups is 1. The summed E-state index contributed by atoms with van der Waals surface area (Å²) in [6.45, 7) is 4.54. The minimum atomic E-state index is -3.49. The number of hydrogen-bond donors (Lipinski definition) is 2. The number of rotatable bonds is 10. The molecule has 1 aromatic heterocycles. The normalized spacial score (nSPS) is 15.8. The molecule has 0 aliphatic carbocycles. The van der Waals surface area contributed by atoms with E-state index >= 15 is 0 Å². The standard InChI is InChI=1S/C22H30ClN3O3S2/c1-2-3-4-13-24-19-11-14-26(15-12-19)31(28,29)21-10-9-20(30-21)16-25-22(27)17-5-7-18(23)8-6-17/h5-10,19,24H,2-4,11-16H2,1H3,(H,25,27). The van der Waals surface area contributed by atoms with E-state index in [0.717, 1.165) is 24.3 Å². The number of amides is 1. The second-order valence-electron chi connectivity index (χ2n) is 7.75. The third-order valence-corrected chi connectivity index (χ3v) is 9.13. The molecule has 2 heterocycles. The zero-order valence-electron chi connectivity index (χ0n) is 17.8. The van der Waals surface area contributed by atoms with Crippen LogP contribution in [0.3, 0.4) is 0 Å². The number of benzene rings is 1. The quantitative estimate of drug-likeness (QED) is 0.495. The van der Waals surface area contributed by atoms with Crippen LogP contribution in [0, 0.1) is 0 Å². The maximum absolute atomic E-state index is 13.0. The molecule has 2 N–H and O–H groups in total. The van der Waals surface area contributed by atoms with Crippen molar-refractivity contribution in [1.29, 1.82) is 0 Å². The van der Waals surface area contributed by atoms with Gasteiger partial charge in [-0.25, -0.2) is 8.42 Å². The molecule has 0 bridgehead atoms. The van der Waals surface area contributed by atoms with Crippen LogP contribution in [0.15, 0.2) is 40.6 Å². The smallest absolute Gasteiger partial charge is 0.252 e. The molecule has 0 atom stereocenters. The van der Waals surface area contributed by atoms with Crippen molar-refractivity contribution in [3.8, 4) is 0 Å². The number of unbranched alkanes of at least 4 members (excludes halogenated alkanes) is 2. The van der Waals surface area contributed by atoms with E-state index in [2.05, 4.69) is 17.6 Å². The van der Waals surface area contributed by atoms with Crippen LogP contribution in [0.4, 0.5) is 0 Å². The maximum atomic E-state index is 13.0. The lowest BCUT2D eigenvalue weighted by Gasteiger charge is -2.31. The minimum absolute atomic E-state index is 0.219. The zero-order chi connectivity index (χ0) is 22.3. The molecule has 2 aromatic rings. The third kappa shape index (κ3) is 6.76. The molecular formula is C22H30ClN3O3S2. The molecule has 9 heteroatoms. The van der Waals surface area contributed by atoms with Crippen LogP contribution in [0.5, 0.6) is 0 Å². The zero-order valence-corrected chi connectivity index (χ0v) is 20.2. The topological polar surface area (TPSA) is 78.5 Å². The number of sulfonamides is 1. The van der Waals surface area contributed by atoms with Gasteiger partial charge in [0.05, 0.1) is 6.54 Å². The van der Waals surface area contributed by atoms with Gasteiger partial charge in [0.25, 0.3) is 15.9 Å². The van der Waals surface area contributed by atoms with Crippen molar-refractivity contribution < 1.29 is 13.2 Å². The van der Waals surface area contributed by atoms with Crippen LogP contribution in [-0.4, -0.2) is 44.3 Å². The number of piperidine rings is 1. The van der Waals surface area contributed by atoms with Crippen molar-refractivity contribution in [2.75, 3.05) is 19.6 Å². The van der Waals surface area contributed by atoms with Gasteiger partial charge in [0.15, 0.2) is 0 Å². The molecule has 0 saturated carbocycles. The first-order chi connectivity index (χ1) is 14.9. The highest BCUT2D eigenvalue weighted by Crippen LogP contribution is 2.27. The maximum Gasteiger partial charge on any atom is 0.252 e. The highest BCUT2D eigenvalue weighted by Gasteiger charge is 2.30. The van der Waals surface area contributed by atoms with Gasteiger partial charge >= 0.3 is 0 Å². The fraction of sp³-hybridized carbons (Fsp3) is 0.500. The third-order valence-electron chi connectivity index (χ3n) is 5.43. The van der Waals surface area contributed by atoms with Crippen LogP contribution in [-0.2, 0) is 16.6 Å². The summed E-state index contributed by atoms with van der Waals surface area (Å²) in [5.74, 6) is -0.219. The van der Waals surface area contributed by atoms with Crippen LogP contribution in [0.1, 0.15) is 54.3 Å². The van der Waals surface area contributed by atoms with Crippen molar-refractivity contribution >= 4 is 38.9 Å². The summed E-state index contributed by atoms with van der Waals surface area (Å²) >= 11 is 7.06. The predicted molar refractivity (Wildman–Crippen MR) is 126 cm³/mol. The fourth-order valence-corrected chi connectivity index (χ4v) is 6.62. The van der Waals surface area contributed by atoms with Crippen molar-refractivity contribution in [3.63, 3.8) is 0 Å². The highest BCUT2D eigenvalue weighted by molar-refractivity contribution is 7.91. The minimum Gasteiger partial charge on any atom is -0.347 e. The number of hydrogen-bond acceptors (Lipinski definition) is 5. The molecule has 1 aliphatic heterocycles. The Balaban J connectivity index is 1.50. The number of halogens is 1. The molecule has 1 aromatic carbocycles. The fourth-order valence-electron chi connectivity index (χ4n) is 3.57. The molecule has 0 radical (unpaired) electrons. The van der Waals surface area contributed by atoms with Crippen LogP contribution in [0.2, 0.25) is 5.02 Å². The second-order valence-corrected chi connectivity index (χ2v) is 11.5. The van der Waals surface area contributed by atoms with Crippen molar-refractivity contribution in [3.05, 3.63) is 51.9 Å². The molecule has 3 rings (SSSR count). The Hall–Kier alpha value is -1.45. The van der Waals surface area contributed by atoms with Crippen LogP contribution in [0.25, 0.3) is 0 Å². The van der Waals surface area contributed by atoms with E-state index in [4.69, 9.17) is 11.6 Å². The summed E-state index contributed by atoms with van der Waals surface area (Å²) in [6.07, 6.45) is 5.26. The summed E-state index contributed by atoms with van der Waals surface area (Å²) < 4.78 is 27.9. The lowest BCUT2D eigenvalue weighted by atomic mass is 10.1. The largest absolute Gasteiger partial charge is 0.347 e. The van der Waals surface area contributed by atoms with Gasteiger partial charge in [-0.05, 0) is 62.2 Å². The lowest BCUT2D eigenvalue weighted by Crippen LogP contribution is -2.44. The molecule has 170 valence electrons. The van der Waals surface area contributed by atoms with Gasteiger partial charge in [0, 0.05) is 34.6 Å². The summed E-state index contributed by atoms with van der Waals surface area (Å²) in [4.78, 5) is 13.0. The van der Waals surface area contributed by atoms with E-state index < -0.39 is 10.0 Å². The highest BCUT2D eigenvalue weighted by atomic mass is 35.5. The van der Waals surface area contributed by atoms with Gasteiger partial charge in [0.2, 0.25) is 0 Å². The van der Waals surface area contributed by atoms with E-state index in [0.29, 0.717) is 33.9 Å². The number of nitrogens with one attached hydrogen (secondary N) is 2. The first-order valence-corrected chi connectivity index (χ1v) is 13.4. The Kier molecular flexibility index (Phi) is 8.92. The van der Waals surface area contributed by atoms with E-state index in [1.54, 1.807) is 40.7 Å². The van der Waals surface area contributed by atoms with E-state index in [-0.39, 0.29) is 12.5 Å². The SMILES string of the molecule is CCCCCNC1CCN(S(=O)(=O)c2ccc(CNC(=O)c3ccc(Cl)cc3)s2)CC1. The van der Waals surface area contributed by atoms with Gasteiger partial charge < -0.3 is 10.6 Å². The first kappa shape index (κ1) is 24.2. The van der Waals surface area contributed by atoms with Gasteiger partial charge in [-0.15, -0.1) is 11.3 Å². The van der Waals surface area contributed by atoms with Crippen molar-refractivity contribution in [2.24, 2.45) is 0 Å². The molecule has 1 fully saturated rings. The van der Waals surface area contributed by atoms with E-state index in [9.17, 15) is 13.2 Å². The Morgan fingerprint density at radius 2 is 1.84 bits per heavy atom. The van der Waals surface area contributed by atoms with Gasteiger partial charge in [-0.1, -0.05) is 31.4 Å². The van der Waals surface area contributed by atoms with E-state index in [1.807, 2.05) is 0 Å². The summed E-state index contributed by atoms with van der Waals surface area (Å²) in [6, 6.07) is 10.4. The second kappa shape index (κ2) is 11.4. The average Bonchev–Trinajstić information content (AvgIpc) is 3.26. The van der Waals surface area contributed by atoms with Crippen LogP contribution < -0.4 is 10.6 Å². The predicted octanol–water partition coefficient (Wildman–Crippen LogP) is 4.26. The van der Waals surface area contributed by atoms with Gasteiger partial charge in [-0.3, -0.25) is 4.79 Å². The van der Waals surface area contributed by atoms with Crippen LogP contribution >= 0.6 is 22.9 Å². The Morgan fingerprint density at radius 1 is 1.13 bits per heavy atom. The molecule has 31 heavy (non-hydrogen) atoms. The van der Waals surface area contributed by atoms with Crippen molar-refractivity contribution in [2.45, 2.75) is 55.8 Å². The number of thiophene rings is 1. The molecule has 0 spiro atoms. The Labute approximate surface area is 194 Å². The number of carbonyl (C=O) groups excluding carboxylic acids is 1. The monoisotopic (exact) mass is 483 g/mol. The molecule has 1 saturated heterocycles. The lowest BCUT2D eigenvalue weighted by molar-refractivity contribution is 0.0951. The van der Waals surface area contributed by atoms with E-state index in [1.165, 1.54) is 30.6 Å². The summed E-state index contributed by atoms with van der Waals surface area (Å²) in [5.41, 5.74) is 0.514.